The predicted molar refractivity (Wildman–Crippen MR) is 80.2 cm³/mol. The van der Waals surface area contributed by atoms with Crippen molar-refractivity contribution in [1.29, 1.82) is 0 Å². The Labute approximate surface area is 121 Å². The number of nitrogens with zero attached hydrogens (tertiary/aromatic N) is 1. The first kappa shape index (κ1) is 15.5. The molecule has 0 radical (unpaired) electrons. The van der Waals surface area contributed by atoms with Crippen LogP contribution in [-0.2, 0) is 21.2 Å². The number of morpholine rings is 1. The van der Waals surface area contributed by atoms with Crippen molar-refractivity contribution in [2.75, 3.05) is 25.4 Å². The van der Waals surface area contributed by atoms with E-state index >= 15 is 0 Å². The number of hydrogen-bond acceptors (Lipinski definition) is 3. The number of hydrogen-bond donors (Lipinski definition) is 0. The molecule has 1 atom stereocenters. The monoisotopic (exact) mass is 297 g/mol. The lowest BCUT2D eigenvalue weighted by atomic mass is 10.1. The van der Waals surface area contributed by atoms with Crippen LogP contribution in [0.2, 0.25) is 0 Å². The summed E-state index contributed by atoms with van der Waals surface area (Å²) in [5.41, 5.74) is 1.19. The van der Waals surface area contributed by atoms with E-state index in [0.29, 0.717) is 19.7 Å². The Balaban J connectivity index is 1.95. The molecular weight excluding hydrogens is 274 g/mol. The molecule has 1 aromatic carbocycles. The summed E-state index contributed by atoms with van der Waals surface area (Å²) in [4.78, 5) is 0. The molecule has 1 unspecified atom stereocenters. The molecule has 1 fully saturated rings. The molecule has 4 nitrogen and oxygen atoms in total. The van der Waals surface area contributed by atoms with E-state index in [2.05, 4.69) is 0 Å². The second-order valence-corrected chi connectivity index (χ2v) is 7.30. The van der Waals surface area contributed by atoms with Crippen molar-refractivity contribution in [1.82, 2.24) is 4.31 Å². The van der Waals surface area contributed by atoms with Crippen LogP contribution in [0.5, 0.6) is 0 Å². The third-order valence-corrected chi connectivity index (χ3v) is 5.48. The SMILES string of the molecule is CCCCS(=O)(=O)N1CCOC(Cc2ccccc2)C1. The molecular formula is C15H23NO3S. The fourth-order valence-corrected chi connectivity index (χ4v) is 4.06. The van der Waals surface area contributed by atoms with Gasteiger partial charge in [-0.05, 0) is 18.4 Å². The van der Waals surface area contributed by atoms with Crippen molar-refractivity contribution < 1.29 is 13.2 Å². The summed E-state index contributed by atoms with van der Waals surface area (Å²) >= 11 is 0. The summed E-state index contributed by atoms with van der Waals surface area (Å²) in [5, 5.41) is 0. The number of benzene rings is 1. The van der Waals surface area contributed by atoms with Crippen molar-refractivity contribution in [3.63, 3.8) is 0 Å². The van der Waals surface area contributed by atoms with Gasteiger partial charge < -0.3 is 4.74 Å². The van der Waals surface area contributed by atoms with Crippen molar-refractivity contribution in [3.8, 4) is 0 Å². The highest BCUT2D eigenvalue weighted by molar-refractivity contribution is 7.89. The fraction of sp³-hybridized carbons (Fsp3) is 0.600. The minimum absolute atomic E-state index is 0.0393. The van der Waals surface area contributed by atoms with Gasteiger partial charge in [0.05, 0.1) is 18.5 Å². The van der Waals surface area contributed by atoms with Crippen LogP contribution >= 0.6 is 0 Å². The van der Waals surface area contributed by atoms with Gasteiger partial charge in [0.15, 0.2) is 0 Å². The van der Waals surface area contributed by atoms with Crippen LogP contribution in [0.15, 0.2) is 30.3 Å². The average molecular weight is 297 g/mol. The standard InChI is InChI=1S/C15H23NO3S/c1-2-3-11-20(17,18)16-9-10-19-15(13-16)12-14-7-5-4-6-8-14/h4-8,15H,2-3,9-13H2,1H3. The molecule has 1 aliphatic heterocycles. The Kier molecular flexibility index (Phi) is 5.57. The quantitative estimate of drug-likeness (QED) is 0.807. The summed E-state index contributed by atoms with van der Waals surface area (Å²) in [6, 6.07) is 10.1. The van der Waals surface area contributed by atoms with Gasteiger partial charge in [0.25, 0.3) is 0 Å². The van der Waals surface area contributed by atoms with Crippen molar-refractivity contribution in [3.05, 3.63) is 35.9 Å². The van der Waals surface area contributed by atoms with E-state index in [0.717, 1.165) is 19.3 Å². The predicted octanol–water partition coefficient (Wildman–Crippen LogP) is 2.06. The zero-order valence-corrected chi connectivity index (χ0v) is 12.8. The molecule has 112 valence electrons. The highest BCUT2D eigenvalue weighted by Gasteiger charge is 2.28. The lowest BCUT2D eigenvalue weighted by Crippen LogP contribution is -2.47. The Morgan fingerprint density at radius 2 is 2.05 bits per heavy atom. The summed E-state index contributed by atoms with van der Waals surface area (Å²) in [7, 11) is -3.12. The van der Waals surface area contributed by atoms with Crippen molar-refractivity contribution in [2.24, 2.45) is 0 Å². The molecule has 0 spiro atoms. The average Bonchev–Trinajstić information content (AvgIpc) is 2.47. The Hall–Kier alpha value is -0.910. The topological polar surface area (TPSA) is 46.6 Å². The molecule has 2 rings (SSSR count). The van der Waals surface area contributed by atoms with Crippen LogP contribution < -0.4 is 0 Å². The maximum atomic E-state index is 12.2. The normalized spacial score (nSPS) is 20.9. The summed E-state index contributed by atoms with van der Waals surface area (Å²) in [6.07, 6.45) is 2.35. The molecule has 1 heterocycles. The molecule has 0 aromatic heterocycles. The van der Waals surface area contributed by atoms with Gasteiger partial charge in [0, 0.05) is 13.1 Å². The fourth-order valence-electron chi connectivity index (χ4n) is 2.40. The minimum Gasteiger partial charge on any atom is -0.375 e. The van der Waals surface area contributed by atoms with E-state index in [-0.39, 0.29) is 11.9 Å². The third kappa shape index (κ3) is 4.30. The second kappa shape index (κ2) is 7.20. The minimum atomic E-state index is -3.12. The van der Waals surface area contributed by atoms with Gasteiger partial charge in [-0.25, -0.2) is 8.42 Å². The maximum absolute atomic E-state index is 12.2. The van der Waals surface area contributed by atoms with Crippen molar-refractivity contribution in [2.45, 2.75) is 32.3 Å². The van der Waals surface area contributed by atoms with Crippen LogP contribution in [0.1, 0.15) is 25.3 Å². The van der Waals surface area contributed by atoms with E-state index in [1.54, 1.807) is 4.31 Å². The first-order valence-corrected chi connectivity index (χ1v) is 8.86. The Morgan fingerprint density at radius 1 is 1.30 bits per heavy atom. The first-order valence-electron chi connectivity index (χ1n) is 7.25. The van der Waals surface area contributed by atoms with E-state index < -0.39 is 10.0 Å². The molecule has 20 heavy (non-hydrogen) atoms. The van der Waals surface area contributed by atoms with Crippen LogP contribution in [0.25, 0.3) is 0 Å². The summed E-state index contributed by atoms with van der Waals surface area (Å²) in [5.74, 6) is 0.252. The highest BCUT2D eigenvalue weighted by atomic mass is 32.2. The Morgan fingerprint density at radius 3 is 2.75 bits per heavy atom. The van der Waals surface area contributed by atoms with Crippen LogP contribution in [0.4, 0.5) is 0 Å². The highest BCUT2D eigenvalue weighted by Crippen LogP contribution is 2.15. The molecule has 0 N–H and O–H groups in total. The second-order valence-electron chi connectivity index (χ2n) is 5.21. The van der Waals surface area contributed by atoms with Crippen LogP contribution in [-0.4, -0.2) is 44.3 Å². The van der Waals surface area contributed by atoms with Crippen molar-refractivity contribution >= 4 is 10.0 Å². The molecule has 1 aliphatic rings. The van der Waals surface area contributed by atoms with Gasteiger partial charge in [0.2, 0.25) is 10.0 Å². The molecule has 1 aromatic rings. The number of unbranched alkanes of at least 4 members (excludes halogenated alkanes) is 1. The zero-order chi connectivity index (χ0) is 14.4. The van der Waals surface area contributed by atoms with Gasteiger partial charge in [-0.3, -0.25) is 0 Å². The van der Waals surface area contributed by atoms with E-state index in [9.17, 15) is 8.42 Å². The van der Waals surface area contributed by atoms with Gasteiger partial charge in [-0.15, -0.1) is 0 Å². The van der Waals surface area contributed by atoms with Crippen LogP contribution in [0, 0.1) is 0 Å². The lowest BCUT2D eigenvalue weighted by Gasteiger charge is -2.32. The number of ether oxygens (including phenoxy) is 1. The van der Waals surface area contributed by atoms with Gasteiger partial charge in [-0.1, -0.05) is 43.7 Å². The van der Waals surface area contributed by atoms with E-state index in [4.69, 9.17) is 4.74 Å². The molecule has 0 amide bonds. The number of sulfonamides is 1. The van der Waals surface area contributed by atoms with Gasteiger partial charge in [0.1, 0.15) is 0 Å². The number of rotatable bonds is 6. The zero-order valence-electron chi connectivity index (χ0n) is 12.0. The van der Waals surface area contributed by atoms with Gasteiger partial charge >= 0.3 is 0 Å². The van der Waals surface area contributed by atoms with E-state index in [1.165, 1.54) is 5.56 Å². The Bertz CT molecular complexity index is 501. The molecule has 0 bridgehead atoms. The summed E-state index contributed by atoms with van der Waals surface area (Å²) < 4.78 is 31.7. The molecule has 5 heteroatoms. The first-order chi connectivity index (χ1) is 9.62. The molecule has 0 saturated carbocycles. The largest absolute Gasteiger partial charge is 0.375 e. The maximum Gasteiger partial charge on any atom is 0.214 e. The van der Waals surface area contributed by atoms with Crippen LogP contribution in [0.3, 0.4) is 0 Å². The third-order valence-electron chi connectivity index (χ3n) is 3.56. The summed E-state index contributed by atoms with van der Waals surface area (Å²) in [6.45, 7) is 3.45. The molecule has 0 aliphatic carbocycles. The molecule has 1 saturated heterocycles. The van der Waals surface area contributed by atoms with Gasteiger partial charge in [-0.2, -0.15) is 4.31 Å². The lowest BCUT2D eigenvalue weighted by molar-refractivity contribution is -0.000488. The smallest absolute Gasteiger partial charge is 0.214 e. The van der Waals surface area contributed by atoms with E-state index in [1.807, 2.05) is 37.3 Å².